The smallest absolute Gasteiger partial charge is 0.312 e. The van der Waals surface area contributed by atoms with Gasteiger partial charge in [0, 0.05) is 5.92 Å². The summed E-state index contributed by atoms with van der Waals surface area (Å²) in [5, 5.41) is 8.97. The predicted octanol–water partition coefficient (Wildman–Crippen LogP) is -0.171. The Balaban J connectivity index is 5.15. The van der Waals surface area contributed by atoms with Crippen molar-refractivity contribution < 1.29 is 19.5 Å². The Kier molecular flexibility index (Phi) is 4.43. The first-order valence-corrected chi connectivity index (χ1v) is 4.34. The first kappa shape index (κ1) is 12.8. The average Bonchev–Trinajstić information content (AvgIpc) is 2.17. The maximum absolute atomic E-state index is 11.0. The minimum Gasteiger partial charge on any atom is -0.481 e. The van der Waals surface area contributed by atoms with Crippen molar-refractivity contribution in [2.45, 2.75) is 26.3 Å². The lowest BCUT2D eigenvalue weighted by atomic mass is 9.71. The second kappa shape index (κ2) is 4.85. The van der Waals surface area contributed by atoms with E-state index >= 15 is 0 Å². The number of carbonyl (C=O) groups excluding carboxylic acids is 2. The SMILES string of the molecule is CCC(C=O)C(C)(C(=O)O)C(N)C=O. The maximum atomic E-state index is 11.0. The van der Waals surface area contributed by atoms with E-state index in [0.29, 0.717) is 19.0 Å². The molecule has 0 heterocycles. The highest BCUT2D eigenvalue weighted by Gasteiger charge is 2.45. The molecule has 0 fully saturated rings. The van der Waals surface area contributed by atoms with Crippen LogP contribution in [-0.4, -0.2) is 29.7 Å². The van der Waals surface area contributed by atoms with Gasteiger partial charge in [-0.05, 0) is 13.3 Å². The molecule has 14 heavy (non-hydrogen) atoms. The molecule has 0 aromatic heterocycles. The quantitative estimate of drug-likeness (QED) is 0.581. The first-order chi connectivity index (χ1) is 6.44. The highest BCUT2D eigenvalue weighted by molar-refractivity contribution is 5.84. The van der Waals surface area contributed by atoms with Gasteiger partial charge in [0.2, 0.25) is 0 Å². The Hall–Kier alpha value is -1.23. The van der Waals surface area contributed by atoms with Gasteiger partial charge in [-0.2, -0.15) is 0 Å². The van der Waals surface area contributed by atoms with Crippen molar-refractivity contribution in [3.8, 4) is 0 Å². The van der Waals surface area contributed by atoms with E-state index in [2.05, 4.69) is 0 Å². The number of nitrogens with two attached hydrogens (primary N) is 1. The topological polar surface area (TPSA) is 97.5 Å². The second-order valence-corrected chi connectivity index (χ2v) is 3.40. The average molecular weight is 201 g/mol. The van der Waals surface area contributed by atoms with E-state index in [1.807, 2.05) is 0 Å². The lowest BCUT2D eigenvalue weighted by molar-refractivity contribution is -0.155. The molecular weight excluding hydrogens is 186 g/mol. The molecule has 3 unspecified atom stereocenters. The third-order valence-corrected chi connectivity index (χ3v) is 2.67. The van der Waals surface area contributed by atoms with Gasteiger partial charge in [0.15, 0.2) is 0 Å². The Bertz CT molecular complexity index is 241. The standard InChI is InChI=1S/C9H15NO4/c1-3-6(4-11)9(2,8(13)14)7(10)5-12/h4-7H,3,10H2,1-2H3,(H,13,14). The predicted molar refractivity (Wildman–Crippen MR) is 49.6 cm³/mol. The van der Waals surface area contributed by atoms with Gasteiger partial charge in [0.05, 0.1) is 11.5 Å². The fourth-order valence-electron chi connectivity index (χ4n) is 1.35. The summed E-state index contributed by atoms with van der Waals surface area (Å²) in [4.78, 5) is 32.1. The van der Waals surface area contributed by atoms with Gasteiger partial charge >= 0.3 is 5.97 Å². The third-order valence-electron chi connectivity index (χ3n) is 2.67. The van der Waals surface area contributed by atoms with Crippen LogP contribution in [0.1, 0.15) is 20.3 Å². The van der Waals surface area contributed by atoms with Crippen molar-refractivity contribution in [2.75, 3.05) is 0 Å². The Morgan fingerprint density at radius 1 is 1.50 bits per heavy atom. The molecule has 0 radical (unpaired) electrons. The summed E-state index contributed by atoms with van der Waals surface area (Å²) in [5.74, 6) is -1.98. The number of aldehydes is 2. The van der Waals surface area contributed by atoms with Gasteiger partial charge in [-0.1, -0.05) is 6.92 Å². The monoisotopic (exact) mass is 201 g/mol. The molecule has 0 saturated carbocycles. The van der Waals surface area contributed by atoms with Crippen molar-refractivity contribution in [3.63, 3.8) is 0 Å². The zero-order valence-corrected chi connectivity index (χ0v) is 8.27. The number of hydrogen-bond acceptors (Lipinski definition) is 4. The van der Waals surface area contributed by atoms with E-state index < -0.39 is 23.3 Å². The minimum absolute atomic E-state index is 0.341. The Morgan fingerprint density at radius 3 is 2.21 bits per heavy atom. The van der Waals surface area contributed by atoms with Crippen molar-refractivity contribution in [3.05, 3.63) is 0 Å². The summed E-state index contributed by atoms with van der Waals surface area (Å²) < 4.78 is 0. The summed E-state index contributed by atoms with van der Waals surface area (Å²) in [6.07, 6.45) is 1.24. The fourth-order valence-corrected chi connectivity index (χ4v) is 1.35. The highest BCUT2D eigenvalue weighted by Crippen LogP contribution is 2.31. The van der Waals surface area contributed by atoms with Crippen LogP contribution in [0.5, 0.6) is 0 Å². The number of aliphatic carboxylic acids is 1. The van der Waals surface area contributed by atoms with E-state index in [-0.39, 0.29) is 0 Å². The van der Waals surface area contributed by atoms with Crippen LogP contribution in [-0.2, 0) is 14.4 Å². The van der Waals surface area contributed by atoms with Gasteiger partial charge in [-0.15, -0.1) is 0 Å². The minimum atomic E-state index is -1.52. The summed E-state index contributed by atoms with van der Waals surface area (Å²) in [5.41, 5.74) is 3.88. The molecule has 0 bridgehead atoms. The molecule has 5 heteroatoms. The molecule has 3 atom stereocenters. The molecule has 0 aromatic rings. The van der Waals surface area contributed by atoms with Gasteiger partial charge in [-0.25, -0.2) is 0 Å². The summed E-state index contributed by atoms with van der Waals surface area (Å²) in [7, 11) is 0. The molecule has 0 aliphatic heterocycles. The van der Waals surface area contributed by atoms with E-state index in [0.717, 1.165) is 0 Å². The van der Waals surface area contributed by atoms with Crippen LogP contribution in [0.25, 0.3) is 0 Å². The van der Waals surface area contributed by atoms with Gasteiger partial charge in [0.1, 0.15) is 12.6 Å². The molecular formula is C9H15NO4. The van der Waals surface area contributed by atoms with Crippen LogP contribution in [0.4, 0.5) is 0 Å². The number of carboxylic acid groups (broad SMARTS) is 1. The van der Waals surface area contributed by atoms with Crippen LogP contribution in [0.3, 0.4) is 0 Å². The molecule has 0 aromatic carbocycles. The van der Waals surface area contributed by atoms with Crippen molar-refractivity contribution in [1.82, 2.24) is 0 Å². The lowest BCUT2D eigenvalue weighted by Crippen LogP contribution is -2.51. The van der Waals surface area contributed by atoms with Crippen molar-refractivity contribution >= 4 is 18.5 Å². The summed E-state index contributed by atoms with van der Waals surface area (Å²) >= 11 is 0. The molecule has 0 amide bonds. The maximum Gasteiger partial charge on any atom is 0.312 e. The van der Waals surface area contributed by atoms with E-state index in [1.54, 1.807) is 6.92 Å². The van der Waals surface area contributed by atoms with Crippen molar-refractivity contribution in [1.29, 1.82) is 0 Å². The molecule has 0 saturated heterocycles. The molecule has 0 aliphatic rings. The first-order valence-electron chi connectivity index (χ1n) is 4.34. The van der Waals surface area contributed by atoms with E-state index in [4.69, 9.17) is 10.8 Å². The lowest BCUT2D eigenvalue weighted by Gasteiger charge is -2.32. The normalized spacial score (nSPS) is 19.1. The number of rotatable bonds is 6. The third kappa shape index (κ3) is 1.98. The van der Waals surface area contributed by atoms with Crippen LogP contribution in [0.2, 0.25) is 0 Å². The fraction of sp³-hybridized carbons (Fsp3) is 0.667. The summed E-state index contributed by atoms with van der Waals surface area (Å²) in [6, 6.07) is -1.17. The van der Waals surface area contributed by atoms with Gasteiger partial charge in [-0.3, -0.25) is 4.79 Å². The van der Waals surface area contributed by atoms with E-state index in [9.17, 15) is 14.4 Å². The Labute approximate surface area is 82.3 Å². The summed E-state index contributed by atoms with van der Waals surface area (Å²) in [6.45, 7) is 2.99. The van der Waals surface area contributed by atoms with Gasteiger partial charge < -0.3 is 20.4 Å². The van der Waals surface area contributed by atoms with Crippen LogP contribution < -0.4 is 5.73 Å². The van der Waals surface area contributed by atoms with Crippen molar-refractivity contribution in [2.24, 2.45) is 17.1 Å². The van der Waals surface area contributed by atoms with Crippen LogP contribution >= 0.6 is 0 Å². The van der Waals surface area contributed by atoms with E-state index in [1.165, 1.54) is 6.92 Å². The molecule has 0 rings (SSSR count). The Morgan fingerprint density at radius 2 is 2.00 bits per heavy atom. The molecule has 0 spiro atoms. The highest BCUT2D eigenvalue weighted by atomic mass is 16.4. The zero-order chi connectivity index (χ0) is 11.4. The zero-order valence-electron chi connectivity index (χ0n) is 8.27. The van der Waals surface area contributed by atoms with Crippen LogP contribution in [0, 0.1) is 11.3 Å². The second-order valence-electron chi connectivity index (χ2n) is 3.40. The molecule has 80 valence electrons. The molecule has 0 aliphatic carbocycles. The van der Waals surface area contributed by atoms with Gasteiger partial charge in [0.25, 0.3) is 0 Å². The number of carbonyl (C=O) groups is 3. The molecule has 5 nitrogen and oxygen atoms in total. The van der Waals surface area contributed by atoms with Crippen LogP contribution in [0.15, 0.2) is 0 Å². The number of carboxylic acids is 1. The molecule has 3 N–H and O–H groups in total. The number of hydrogen-bond donors (Lipinski definition) is 2. The largest absolute Gasteiger partial charge is 0.481 e.